The van der Waals surface area contributed by atoms with E-state index in [2.05, 4.69) is 11.4 Å². The second-order valence-electron chi connectivity index (χ2n) is 5.08. The molecule has 2 rings (SSSR count). The van der Waals surface area contributed by atoms with E-state index in [0.717, 1.165) is 28.0 Å². The molecule has 106 valence electrons. The van der Waals surface area contributed by atoms with Gasteiger partial charge in [-0.05, 0) is 62.2 Å². The summed E-state index contributed by atoms with van der Waals surface area (Å²) in [6, 6.07) is 8.88. The van der Waals surface area contributed by atoms with Gasteiger partial charge in [0.1, 0.15) is 17.3 Å². The summed E-state index contributed by atoms with van der Waals surface area (Å²) in [5.41, 5.74) is 4.17. The molecule has 0 atom stereocenters. The predicted molar refractivity (Wildman–Crippen MR) is 79.9 cm³/mol. The molecule has 0 radical (unpaired) electrons. The number of hydrogen-bond donors (Lipinski definition) is 1. The Bertz CT molecular complexity index is 623. The maximum Gasteiger partial charge on any atom is 0.133 e. The lowest BCUT2D eigenvalue weighted by Crippen LogP contribution is -2.05. The maximum absolute atomic E-state index is 13.6. The van der Waals surface area contributed by atoms with Crippen molar-refractivity contribution in [3.05, 3.63) is 58.4 Å². The van der Waals surface area contributed by atoms with Crippen LogP contribution in [0.3, 0.4) is 0 Å². The molecule has 0 aromatic heterocycles. The Hall–Kier alpha value is -1.87. The largest absolute Gasteiger partial charge is 0.457 e. The Morgan fingerprint density at radius 1 is 1.05 bits per heavy atom. The first-order valence-electron chi connectivity index (χ1n) is 6.70. The van der Waals surface area contributed by atoms with Crippen LogP contribution in [-0.2, 0) is 6.54 Å². The number of nitrogens with one attached hydrogen (secondary N) is 1. The highest BCUT2D eigenvalue weighted by Gasteiger charge is 2.09. The first kappa shape index (κ1) is 14.5. The smallest absolute Gasteiger partial charge is 0.133 e. The van der Waals surface area contributed by atoms with Gasteiger partial charge in [-0.2, -0.15) is 0 Å². The summed E-state index contributed by atoms with van der Waals surface area (Å²) in [7, 11) is 1.83. The maximum atomic E-state index is 13.6. The van der Waals surface area contributed by atoms with Crippen molar-refractivity contribution in [2.75, 3.05) is 7.05 Å². The lowest BCUT2D eigenvalue weighted by molar-refractivity contribution is 0.468. The molecule has 2 aromatic carbocycles. The van der Waals surface area contributed by atoms with E-state index in [0.29, 0.717) is 12.3 Å². The first-order chi connectivity index (χ1) is 9.51. The van der Waals surface area contributed by atoms with Crippen molar-refractivity contribution in [2.24, 2.45) is 0 Å². The van der Waals surface area contributed by atoms with Gasteiger partial charge in [0.2, 0.25) is 0 Å². The molecule has 1 N–H and O–H groups in total. The molecule has 2 nitrogen and oxygen atoms in total. The van der Waals surface area contributed by atoms with Crippen LogP contribution >= 0.6 is 0 Å². The van der Waals surface area contributed by atoms with Gasteiger partial charge in [0.25, 0.3) is 0 Å². The molecule has 0 aliphatic carbocycles. The van der Waals surface area contributed by atoms with E-state index in [1.54, 1.807) is 0 Å². The summed E-state index contributed by atoms with van der Waals surface area (Å²) in [4.78, 5) is 0. The van der Waals surface area contributed by atoms with Crippen LogP contribution in [0.1, 0.15) is 22.3 Å². The summed E-state index contributed by atoms with van der Waals surface area (Å²) < 4.78 is 19.5. The van der Waals surface area contributed by atoms with Crippen molar-refractivity contribution in [1.82, 2.24) is 5.32 Å². The van der Waals surface area contributed by atoms with E-state index >= 15 is 0 Å². The van der Waals surface area contributed by atoms with Crippen LogP contribution < -0.4 is 10.1 Å². The van der Waals surface area contributed by atoms with Crippen molar-refractivity contribution in [1.29, 1.82) is 0 Å². The van der Waals surface area contributed by atoms with Crippen LogP contribution in [0.2, 0.25) is 0 Å². The molecule has 0 saturated heterocycles. The third kappa shape index (κ3) is 3.17. The van der Waals surface area contributed by atoms with Gasteiger partial charge in [0.15, 0.2) is 0 Å². The van der Waals surface area contributed by atoms with E-state index in [-0.39, 0.29) is 5.82 Å². The zero-order valence-electron chi connectivity index (χ0n) is 12.4. The highest BCUT2D eigenvalue weighted by atomic mass is 19.1. The molecule has 0 heterocycles. The molecule has 20 heavy (non-hydrogen) atoms. The van der Waals surface area contributed by atoms with Gasteiger partial charge in [-0.1, -0.05) is 12.1 Å². The average molecular weight is 273 g/mol. The standard InChI is InChI=1S/C17H20FNO/c1-11-5-6-12(2)17(13(11)3)20-16-8-14(10-19-4)7-15(18)9-16/h5-9,19H,10H2,1-4H3. The van der Waals surface area contributed by atoms with Crippen molar-refractivity contribution in [3.8, 4) is 11.5 Å². The van der Waals surface area contributed by atoms with Crippen molar-refractivity contribution >= 4 is 0 Å². The second kappa shape index (κ2) is 6.06. The highest BCUT2D eigenvalue weighted by molar-refractivity contribution is 5.47. The molecule has 0 aliphatic heterocycles. The van der Waals surface area contributed by atoms with E-state index in [1.807, 2.05) is 40.0 Å². The molecular weight excluding hydrogens is 253 g/mol. The normalized spacial score (nSPS) is 10.7. The van der Waals surface area contributed by atoms with Crippen molar-refractivity contribution in [3.63, 3.8) is 0 Å². The Labute approximate surface area is 119 Å². The molecular formula is C17H20FNO. The number of rotatable bonds is 4. The minimum Gasteiger partial charge on any atom is -0.457 e. The van der Waals surface area contributed by atoms with Gasteiger partial charge < -0.3 is 10.1 Å². The highest BCUT2D eigenvalue weighted by Crippen LogP contribution is 2.31. The number of hydrogen-bond acceptors (Lipinski definition) is 2. The summed E-state index contributed by atoms with van der Waals surface area (Å²) in [6.45, 7) is 6.67. The minimum atomic E-state index is -0.282. The third-order valence-electron chi connectivity index (χ3n) is 3.41. The van der Waals surface area contributed by atoms with Crippen LogP contribution in [0.5, 0.6) is 11.5 Å². The Morgan fingerprint density at radius 3 is 2.45 bits per heavy atom. The number of benzene rings is 2. The van der Waals surface area contributed by atoms with E-state index in [1.165, 1.54) is 12.1 Å². The Kier molecular flexibility index (Phi) is 4.40. The number of aryl methyl sites for hydroxylation is 2. The van der Waals surface area contributed by atoms with Crippen LogP contribution in [0.15, 0.2) is 30.3 Å². The van der Waals surface area contributed by atoms with Crippen LogP contribution in [-0.4, -0.2) is 7.05 Å². The second-order valence-corrected chi connectivity index (χ2v) is 5.08. The molecule has 0 aliphatic rings. The van der Waals surface area contributed by atoms with Gasteiger partial charge in [-0.15, -0.1) is 0 Å². The molecule has 2 aromatic rings. The molecule has 0 saturated carbocycles. The third-order valence-corrected chi connectivity index (χ3v) is 3.41. The summed E-state index contributed by atoms with van der Waals surface area (Å²) in [5.74, 6) is 1.06. The van der Waals surface area contributed by atoms with E-state index in [9.17, 15) is 4.39 Å². The molecule has 0 amide bonds. The minimum absolute atomic E-state index is 0.282. The van der Waals surface area contributed by atoms with Crippen LogP contribution in [0.25, 0.3) is 0 Å². The zero-order chi connectivity index (χ0) is 14.7. The van der Waals surface area contributed by atoms with E-state index < -0.39 is 0 Å². The van der Waals surface area contributed by atoms with Crippen molar-refractivity contribution < 1.29 is 9.13 Å². The fourth-order valence-corrected chi connectivity index (χ4v) is 2.19. The Morgan fingerprint density at radius 2 is 1.75 bits per heavy atom. The molecule has 3 heteroatoms. The number of halogens is 1. The summed E-state index contributed by atoms with van der Waals surface area (Å²) in [5, 5.41) is 3.01. The zero-order valence-corrected chi connectivity index (χ0v) is 12.4. The topological polar surface area (TPSA) is 21.3 Å². The first-order valence-corrected chi connectivity index (χ1v) is 6.70. The summed E-state index contributed by atoms with van der Waals surface area (Å²) >= 11 is 0. The number of ether oxygens (including phenoxy) is 1. The fraction of sp³-hybridized carbons (Fsp3) is 0.294. The fourth-order valence-electron chi connectivity index (χ4n) is 2.19. The SMILES string of the molecule is CNCc1cc(F)cc(Oc2c(C)ccc(C)c2C)c1. The van der Waals surface area contributed by atoms with Gasteiger partial charge in [-0.25, -0.2) is 4.39 Å². The summed E-state index contributed by atoms with van der Waals surface area (Å²) in [6.07, 6.45) is 0. The Balaban J connectivity index is 2.37. The van der Waals surface area contributed by atoms with Crippen LogP contribution in [0, 0.1) is 26.6 Å². The quantitative estimate of drug-likeness (QED) is 0.898. The van der Waals surface area contributed by atoms with E-state index in [4.69, 9.17) is 4.74 Å². The predicted octanol–water partition coefficient (Wildman–Crippen LogP) is 4.26. The van der Waals surface area contributed by atoms with Gasteiger partial charge in [-0.3, -0.25) is 0 Å². The molecule has 0 unspecified atom stereocenters. The van der Waals surface area contributed by atoms with Gasteiger partial charge in [0.05, 0.1) is 0 Å². The average Bonchev–Trinajstić information content (AvgIpc) is 2.39. The lowest BCUT2D eigenvalue weighted by Gasteiger charge is -2.14. The molecule has 0 fully saturated rings. The lowest BCUT2D eigenvalue weighted by atomic mass is 10.1. The molecule has 0 bridgehead atoms. The van der Waals surface area contributed by atoms with Gasteiger partial charge in [0, 0.05) is 12.6 Å². The van der Waals surface area contributed by atoms with Crippen LogP contribution in [0.4, 0.5) is 4.39 Å². The monoisotopic (exact) mass is 273 g/mol. The van der Waals surface area contributed by atoms with Crippen molar-refractivity contribution in [2.45, 2.75) is 27.3 Å². The van der Waals surface area contributed by atoms with Gasteiger partial charge >= 0.3 is 0 Å². The molecule has 0 spiro atoms.